The van der Waals surface area contributed by atoms with Gasteiger partial charge in [0.15, 0.2) is 0 Å². The van der Waals surface area contributed by atoms with Crippen LogP contribution in [-0.4, -0.2) is 35.9 Å². The highest BCUT2D eigenvalue weighted by Crippen LogP contribution is 2.14. The highest BCUT2D eigenvalue weighted by molar-refractivity contribution is 5.98. The van der Waals surface area contributed by atoms with Gasteiger partial charge in [0, 0.05) is 26.3 Å². The molecule has 1 amide bonds. The average Bonchev–Trinajstić information content (AvgIpc) is 2.34. The van der Waals surface area contributed by atoms with Gasteiger partial charge in [-0.15, -0.1) is 0 Å². The standard InChI is InChI=1S/C13H21N3O/c1-5-16(9-10(2)3)13(17)11-7-6-8-15-12(11)14-4/h6-8,10H,5,9H2,1-4H3,(H,14,15). The number of carbonyl (C=O) groups excluding carboxylic acids is 1. The first-order chi connectivity index (χ1) is 8.10. The maximum Gasteiger partial charge on any atom is 0.257 e. The molecule has 0 aromatic carbocycles. The third kappa shape index (κ3) is 3.44. The minimum atomic E-state index is 0.0404. The van der Waals surface area contributed by atoms with E-state index in [2.05, 4.69) is 24.1 Å². The fourth-order valence-electron chi connectivity index (χ4n) is 1.74. The lowest BCUT2D eigenvalue weighted by Crippen LogP contribution is -2.34. The van der Waals surface area contributed by atoms with Gasteiger partial charge in [0.1, 0.15) is 5.82 Å². The minimum Gasteiger partial charge on any atom is -0.372 e. The second-order valence-electron chi connectivity index (χ2n) is 4.39. The lowest BCUT2D eigenvalue weighted by Gasteiger charge is -2.23. The van der Waals surface area contributed by atoms with Gasteiger partial charge in [-0.3, -0.25) is 4.79 Å². The van der Waals surface area contributed by atoms with Crippen molar-refractivity contribution in [1.82, 2.24) is 9.88 Å². The summed E-state index contributed by atoms with van der Waals surface area (Å²) in [5, 5.41) is 2.95. The van der Waals surface area contributed by atoms with Gasteiger partial charge in [-0.05, 0) is 25.0 Å². The molecule has 4 heteroatoms. The summed E-state index contributed by atoms with van der Waals surface area (Å²) < 4.78 is 0. The Bertz CT molecular complexity index is 377. The molecule has 1 N–H and O–H groups in total. The molecule has 0 fully saturated rings. The van der Waals surface area contributed by atoms with E-state index < -0.39 is 0 Å². The van der Waals surface area contributed by atoms with Crippen LogP contribution in [0.3, 0.4) is 0 Å². The van der Waals surface area contributed by atoms with Crippen molar-refractivity contribution in [3.8, 4) is 0 Å². The number of nitrogens with zero attached hydrogens (tertiary/aromatic N) is 2. The van der Waals surface area contributed by atoms with Crippen LogP contribution in [0, 0.1) is 5.92 Å². The first kappa shape index (κ1) is 13.5. The molecule has 1 rings (SSSR count). The maximum atomic E-state index is 12.3. The van der Waals surface area contributed by atoms with E-state index in [0.29, 0.717) is 17.3 Å². The van der Waals surface area contributed by atoms with Gasteiger partial charge in [0.05, 0.1) is 5.56 Å². The van der Waals surface area contributed by atoms with Crippen molar-refractivity contribution in [1.29, 1.82) is 0 Å². The maximum absolute atomic E-state index is 12.3. The number of nitrogens with one attached hydrogen (secondary N) is 1. The predicted molar refractivity (Wildman–Crippen MR) is 70.2 cm³/mol. The fraction of sp³-hybridized carbons (Fsp3) is 0.538. The summed E-state index contributed by atoms with van der Waals surface area (Å²) in [6.45, 7) is 7.70. The normalized spacial score (nSPS) is 10.4. The summed E-state index contributed by atoms with van der Waals surface area (Å²) in [5.74, 6) is 1.15. The minimum absolute atomic E-state index is 0.0404. The Labute approximate surface area is 103 Å². The Morgan fingerprint density at radius 3 is 2.76 bits per heavy atom. The highest BCUT2D eigenvalue weighted by atomic mass is 16.2. The summed E-state index contributed by atoms with van der Waals surface area (Å²) in [4.78, 5) is 18.3. The van der Waals surface area contributed by atoms with Crippen LogP contribution in [0.25, 0.3) is 0 Å². The molecule has 0 aliphatic rings. The van der Waals surface area contributed by atoms with Crippen LogP contribution in [0.15, 0.2) is 18.3 Å². The molecule has 0 spiro atoms. The smallest absolute Gasteiger partial charge is 0.257 e. The summed E-state index contributed by atoms with van der Waals surface area (Å²) in [6, 6.07) is 3.60. The van der Waals surface area contributed by atoms with Crippen molar-refractivity contribution < 1.29 is 4.79 Å². The van der Waals surface area contributed by atoms with Crippen molar-refractivity contribution >= 4 is 11.7 Å². The van der Waals surface area contributed by atoms with E-state index >= 15 is 0 Å². The summed E-state index contributed by atoms with van der Waals surface area (Å²) >= 11 is 0. The van der Waals surface area contributed by atoms with Crippen LogP contribution in [0.1, 0.15) is 31.1 Å². The molecule has 0 saturated heterocycles. The Balaban J connectivity index is 2.93. The molecule has 94 valence electrons. The van der Waals surface area contributed by atoms with E-state index in [1.807, 2.05) is 17.9 Å². The van der Waals surface area contributed by atoms with Crippen molar-refractivity contribution in [2.24, 2.45) is 5.92 Å². The molecule has 1 aromatic rings. The molecule has 4 nitrogen and oxygen atoms in total. The van der Waals surface area contributed by atoms with E-state index in [1.54, 1.807) is 19.3 Å². The summed E-state index contributed by atoms with van der Waals surface area (Å²) in [6.07, 6.45) is 1.68. The molecule has 0 saturated carbocycles. The molecule has 0 aliphatic carbocycles. The van der Waals surface area contributed by atoms with Crippen LogP contribution < -0.4 is 5.32 Å². The zero-order valence-corrected chi connectivity index (χ0v) is 11.0. The molecule has 0 aliphatic heterocycles. The number of hydrogen-bond acceptors (Lipinski definition) is 3. The van der Waals surface area contributed by atoms with Gasteiger partial charge in [-0.2, -0.15) is 0 Å². The summed E-state index contributed by atoms with van der Waals surface area (Å²) in [7, 11) is 1.78. The van der Waals surface area contributed by atoms with Crippen LogP contribution >= 0.6 is 0 Å². The second-order valence-corrected chi connectivity index (χ2v) is 4.39. The van der Waals surface area contributed by atoms with E-state index in [9.17, 15) is 4.79 Å². The van der Waals surface area contributed by atoms with Crippen LogP contribution in [0.2, 0.25) is 0 Å². The van der Waals surface area contributed by atoms with Crippen molar-refractivity contribution in [2.45, 2.75) is 20.8 Å². The van der Waals surface area contributed by atoms with Gasteiger partial charge in [0.2, 0.25) is 0 Å². The molecular formula is C13H21N3O. The number of amides is 1. The molecule has 1 aromatic heterocycles. The molecule has 0 unspecified atom stereocenters. The second kappa shape index (κ2) is 6.23. The molecule has 0 bridgehead atoms. The number of hydrogen-bond donors (Lipinski definition) is 1. The third-order valence-electron chi connectivity index (χ3n) is 2.53. The van der Waals surface area contributed by atoms with Crippen molar-refractivity contribution in [3.05, 3.63) is 23.9 Å². The Morgan fingerprint density at radius 2 is 2.24 bits per heavy atom. The van der Waals surface area contributed by atoms with E-state index in [0.717, 1.165) is 13.1 Å². The summed E-state index contributed by atoms with van der Waals surface area (Å²) in [5.41, 5.74) is 0.637. The fourth-order valence-corrected chi connectivity index (χ4v) is 1.74. The Morgan fingerprint density at radius 1 is 1.53 bits per heavy atom. The van der Waals surface area contributed by atoms with E-state index in [-0.39, 0.29) is 5.91 Å². The average molecular weight is 235 g/mol. The molecule has 0 atom stereocenters. The van der Waals surface area contributed by atoms with Gasteiger partial charge in [-0.1, -0.05) is 13.8 Å². The number of carbonyl (C=O) groups is 1. The molecule has 17 heavy (non-hydrogen) atoms. The number of rotatable bonds is 5. The molecule has 1 heterocycles. The zero-order valence-electron chi connectivity index (χ0n) is 11.0. The zero-order chi connectivity index (χ0) is 12.8. The van der Waals surface area contributed by atoms with Crippen LogP contribution in [0.5, 0.6) is 0 Å². The third-order valence-corrected chi connectivity index (χ3v) is 2.53. The van der Waals surface area contributed by atoms with Gasteiger partial charge < -0.3 is 10.2 Å². The van der Waals surface area contributed by atoms with Crippen molar-refractivity contribution in [2.75, 3.05) is 25.5 Å². The monoisotopic (exact) mass is 235 g/mol. The largest absolute Gasteiger partial charge is 0.372 e. The molecular weight excluding hydrogens is 214 g/mol. The molecule has 0 radical (unpaired) electrons. The van der Waals surface area contributed by atoms with Gasteiger partial charge in [0.25, 0.3) is 5.91 Å². The topological polar surface area (TPSA) is 45.2 Å². The quantitative estimate of drug-likeness (QED) is 0.851. The number of pyridine rings is 1. The number of anilines is 1. The van der Waals surface area contributed by atoms with Gasteiger partial charge in [-0.25, -0.2) is 4.98 Å². The van der Waals surface area contributed by atoms with E-state index in [1.165, 1.54) is 0 Å². The SMILES string of the molecule is CCN(CC(C)C)C(=O)c1cccnc1NC. The number of aromatic nitrogens is 1. The van der Waals surface area contributed by atoms with Crippen LogP contribution in [0.4, 0.5) is 5.82 Å². The Kier molecular flexibility index (Phi) is 4.94. The van der Waals surface area contributed by atoms with E-state index in [4.69, 9.17) is 0 Å². The lowest BCUT2D eigenvalue weighted by atomic mass is 10.1. The Hall–Kier alpha value is -1.58. The first-order valence-electron chi connectivity index (χ1n) is 6.02. The first-order valence-corrected chi connectivity index (χ1v) is 6.02. The lowest BCUT2D eigenvalue weighted by molar-refractivity contribution is 0.0746. The van der Waals surface area contributed by atoms with Crippen molar-refractivity contribution in [3.63, 3.8) is 0 Å². The highest BCUT2D eigenvalue weighted by Gasteiger charge is 2.18. The van der Waals surface area contributed by atoms with Crippen LogP contribution in [-0.2, 0) is 0 Å². The predicted octanol–water partition coefficient (Wildman–Crippen LogP) is 2.24. The van der Waals surface area contributed by atoms with Gasteiger partial charge >= 0.3 is 0 Å².